The standard InChI is InChI=1S/C13H6Cl2F2N2/c14-8-4-9(15)13-18-12(6-19(13)5-8)7-1-2-10(16)11(17)3-7/h1-6H. The summed E-state index contributed by atoms with van der Waals surface area (Å²) in [5.41, 5.74) is 1.46. The van der Waals surface area contributed by atoms with Crippen LogP contribution in [0.1, 0.15) is 0 Å². The highest BCUT2D eigenvalue weighted by atomic mass is 35.5. The van der Waals surface area contributed by atoms with Gasteiger partial charge in [0, 0.05) is 18.0 Å². The van der Waals surface area contributed by atoms with Crippen LogP contribution in [0.3, 0.4) is 0 Å². The van der Waals surface area contributed by atoms with Crippen LogP contribution in [0.5, 0.6) is 0 Å². The highest BCUT2D eigenvalue weighted by Crippen LogP contribution is 2.26. The summed E-state index contributed by atoms with van der Waals surface area (Å²) in [5.74, 6) is -1.81. The fourth-order valence-electron chi connectivity index (χ4n) is 1.82. The summed E-state index contributed by atoms with van der Waals surface area (Å²) in [4.78, 5) is 4.28. The molecule has 0 saturated heterocycles. The Hall–Kier alpha value is -1.65. The van der Waals surface area contributed by atoms with E-state index in [4.69, 9.17) is 23.2 Å². The maximum Gasteiger partial charge on any atom is 0.159 e. The van der Waals surface area contributed by atoms with Crippen molar-refractivity contribution in [1.29, 1.82) is 0 Å². The van der Waals surface area contributed by atoms with Crippen molar-refractivity contribution in [1.82, 2.24) is 9.38 Å². The zero-order valence-electron chi connectivity index (χ0n) is 9.37. The van der Waals surface area contributed by atoms with Crippen LogP contribution < -0.4 is 0 Å². The highest BCUT2D eigenvalue weighted by molar-refractivity contribution is 6.36. The number of imidazole rings is 1. The van der Waals surface area contributed by atoms with Gasteiger partial charge >= 0.3 is 0 Å². The third-order valence-electron chi connectivity index (χ3n) is 2.69. The van der Waals surface area contributed by atoms with Crippen molar-refractivity contribution in [2.75, 3.05) is 0 Å². The summed E-state index contributed by atoms with van der Waals surface area (Å²) < 4.78 is 27.7. The summed E-state index contributed by atoms with van der Waals surface area (Å²) in [6.07, 6.45) is 3.29. The SMILES string of the molecule is Fc1ccc(-c2cn3cc(Cl)cc(Cl)c3n2)cc1F. The molecule has 6 heteroatoms. The summed E-state index contributed by atoms with van der Waals surface area (Å²) in [5, 5.41) is 0.855. The number of nitrogens with zero attached hydrogens (tertiary/aromatic N) is 2. The molecule has 96 valence electrons. The minimum absolute atomic E-state index is 0.390. The maximum absolute atomic E-state index is 13.2. The first-order valence-corrected chi connectivity index (χ1v) is 6.09. The zero-order valence-corrected chi connectivity index (χ0v) is 10.9. The molecular formula is C13H6Cl2F2N2. The van der Waals surface area contributed by atoms with Crippen LogP contribution in [-0.4, -0.2) is 9.38 Å². The van der Waals surface area contributed by atoms with Gasteiger partial charge in [0.25, 0.3) is 0 Å². The van der Waals surface area contributed by atoms with E-state index in [-0.39, 0.29) is 0 Å². The van der Waals surface area contributed by atoms with Gasteiger partial charge in [-0.05, 0) is 24.3 Å². The number of hydrogen-bond donors (Lipinski definition) is 0. The first kappa shape index (κ1) is 12.4. The molecule has 0 amide bonds. The molecule has 0 fully saturated rings. The first-order chi connectivity index (χ1) is 9.04. The molecule has 3 rings (SSSR count). The minimum atomic E-state index is -0.918. The van der Waals surface area contributed by atoms with E-state index in [9.17, 15) is 8.78 Å². The summed E-state index contributed by atoms with van der Waals surface area (Å²) in [6, 6.07) is 5.17. The molecule has 3 aromatic rings. The Kier molecular flexibility index (Phi) is 2.92. The molecule has 0 atom stereocenters. The lowest BCUT2D eigenvalue weighted by Crippen LogP contribution is -1.85. The molecule has 0 aliphatic heterocycles. The lowest BCUT2D eigenvalue weighted by molar-refractivity contribution is 0.509. The van der Waals surface area contributed by atoms with Gasteiger partial charge < -0.3 is 4.40 Å². The summed E-state index contributed by atoms with van der Waals surface area (Å²) in [6.45, 7) is 0. The molecule has 19 heavy (non-hydrogen) atoms. The predicted octanol–water partition coefficient (Wildman–Crippen LogP) is 4.59. The van der Waals surface area contributed by atoms with Gasteiger partial charge in [-0.3, -0.25) is 0 Å². The van der Waals surface area contributed by atoms with Crippen molar-refractivity contribution in [3.8, 4) is 11.3 Å². The number of hydrogen-bond acceptors (Lipinski definition) is 1. The third kappa shape index (κ3) is 2.17. The van der Waals surface area contributed by atoms with Gasteiger partial charge in [0.15, 0.2) is 17.3 Å². The molecule has 0 bridgehead atoms. The smallest absolute Gasteiger partial charge is 0.159 e. The Labute approximate surface area is 117 Å². The Balaban J connectivity index is 2.20. The summed E-state index contributed by atoms with van der Waals surface area (Å²) in [7, 11) is 0. The highest BCUT2D eigenvalue weighted by Gasteiger charge is 2.10. The predicted molar refractivity (Wildman–Crippen MR) is 70.6 cm³/mol. The molecule has 1 aromatic carbocycles. The van der Waals surface area contributed by atoms with E-state index in [1.165, 1.54) is 6.07 Å². The minimum Gasteiger partial charge on any atom is -0.304 e. The fourth-order valence-corrected chi connectivity index (χ4v) is 2.35. The molecule has 0 aliphatic carbocycles. The van der Waals surface area contributed by atoms with Crippen molar-refractivity contribution in [3.63, 3.8) is 0 Å². The lowest BCUT2D eigenvalue weighted by Gasteiger charge is -1.97. The van der Waals surface area contributed by atoms with E-state index in [1.54, 1.807) is 22.9 Å². The van der Waals surface area contributed by atoms with Gasteiger partial charge in [-0.25, -0.2) is 13.8 Å². The fraction of sp³-hybridized carbons (Fsp3) is 0. The molecular weight excluding hydrogens is 293 g/mol. The van der Waals surface area contributed by atoms with Crippen LogP contribution in [0, 0.1) is 11.6 Å². The monoisotopic (exact) mass is 298 g/mol. The maximum atomic E-state index is 13.2. The topological polar surface area (TPSA) is 17.3 Å². The number of fused-ring (bicyclic) bond motifs is 1. The quantitative estimate of drug-likeness (QED) is 0.642. The van der Waals surface area contributed by atoms with Crippen LogP contribution in [0.15, 0.2) is 36.7 Å². The lowest BCUT2D eigenvalue weighted by atomic mass is 10.1. The van der Waals surface area contributed by atoms with Gasteiger partial charge in [0.1, 0.15) is 0 Å². The van der Waals surface area contributed by atoms with E-state index in [0.29, 0.717) is 26.9 Å². The number of benzene rings is 1. The molecule has 2 heterocycles. The van der Waals surface area contributed by atoms with Gasteiger partial charge in [-0.2, -0.15) is 0 Å². The van der Waals surface area contributed by atoms with Crippen molar-refractivity contribution in [3.05, 3.63) is 58.3 Å². The van der Waals surface area contributed by atoms with Crippen LogP contribution in [0.25, 0.3) is 16.9 Å². The van der Waals surface area contributed by atoms with Crippen molar-refractivity contribution < 1.29 is 8.78 Å². The molecule has 0 saturated carbocycles. The molecule has 0 aliphatic rings. The van der Waals surface area contributed by atoms with Crippen LogP contribution in [-0.2, 0) is 0 Å². The molecule has 0 unspecified atom stereocenters. The van der Waals surface area contributed by atoms with E-state index in [2.05, 4.69) is 4.98 Å². The van der Waals surface area contributed by atoms with Crippen LogP contribution in [0.4, 0.5) is 8.78 Å². The van der Waals surface area contributed by atoms with Crippen LogP contribution in [0.2, 0.25) is 10.0 Å². The van der Waals surface area contributed by atoms with Gasteiger partial charge in [0.2, 0.25) is 0 Å². The van der Waals surface area contributed by atoms with Gasteiger partial charge in [-0.15, -0.1) is 0 Å². The van der Waals surface area contributed by atoms with E-state index < -0.39 is 11.6 Å². The Morgan fingerprint density at radius 1 is 1.00 bits per heavy atom. The second-order valence-electron chi connectivity index (χ2n) is 3.99. The largest absolute Gasteiger partial charge is 0.304 e. The number of pyridine rings is 1. The average Bonchev–Trinajstić information content (AvgIpc) is 2.76. The summed E-state index contributed by atoms with van der Waals surface area (Å²) >= 11 is 11.9. The second kappa shape index (κ2) is 4.47. The van der Waals surface area contributed by atoms with E-state index >= 15 is 0 Å². The number of rotatable bonds is 1. The molecule has 2 aromatic heterocycles. The van der Waals surface area contributed by atoms with Crippen LogP contribution >= 0.6 is 23.2 Å². The van der Waals surface area contributed by atoms with Gasteiger partial charge in [0.05, 0.1) is 15.7 Å². The van der Waals surface area contributed by atoms with E-state index in [0.717, 1.165) is 12.1 Å². The Morgan fingerprint density at radius 3 is 2.53 bits per heavy atom. The zero-order chi connectivity index (χ0) is 13.6. The van der Waals surface area contributed by atoms with Crippen molar-refractivity contribution in [2.24, 2.45) is 0 Å². The molecule has 0 radical (unpaired) electrons. The number of halogens is 4. The Morgan fingerprint density at radius 2 is 1.79 bits per heavy atom. The van der Waals surface area contributed by atoms with Crippen molar-refractivity contribution in [2.45, 2.75) is 0 Å². The van der Waals surface area contributed by atoms with Crippen molar-refractivity contribution >= 4 is 28.8 Å². The Bertz CT molecular complexity index is 784. The average molecular weight is 299 g/mol. The van der Waals surface area contributed by atoms with E-state index in [1.807, 2.05) is 0 Å². The second-order valence-corrected chi connectivity index (χ2v) is 4.84. The number of aromatic nitrogens is 2. The normalized spacial score (nSPS) is 11.2. The third-order valence-corrected chi connectivity index (χ3v) is 3.17. The van der Waals surface area contributed by atoms with Gasteiger partial charge in [-0.1, -0.05) is 23.2 Å². The first-order valence-electron chi connectivity index (χ1n) is 5.34. The molecule has 2 nitrogen and oxygen atoms in total. The molecule has 0 spiro atoms. The molecule has 0 N–H and O–H groups in total.